The Balaban J connectivity index is 2.37. The van der Waals surface area contributed by atoms with E-state index in [9.17, 15) is 10.2 Å². The summed E-state index contributed by atoms with van der Waals surface area (Å²) in [6.07, 6.45) is 3.23. The second-order valence-electron chi connectivity index (χ2n) is 5.27. The van der Waals surface area contributed by atoms with Crippen molar-refractivity contribution in [1.82, 2.24) is 4.98 Å². The van der Waals surface area contributed by atoms with Crippen molar-refractivity contribution in [3.05, 3.63) is 45.4 Å². The first-order valence-corrected chi connectivity index (χ1v) is 7.77. The molecule has 0 saturated heterocycles. The highest BCUT2D eigenvalue weighted by molar-refractivity contribution is 7.10. The van der Waals surface area contributed by atoms with Crippen LogP contribution >= 0.6 is 11.3 Å². The van der Waals surface area contributed by atoms with Gasteiger partial charge in [0.05, 0.1) is 18.3 Å². The number of aryl methyl sites for hydroxylation is 1. The number of aromatic hydroxyl groups is 1. The normalized spacial score (nSPS) is 13.2. The van der Waals surface area contributed by atoms with E-state index in [1.165, 1.54) is 4.88 Å². The molecule has 2 rings (SSSR count). The van der Waals surface area contributed by atoms with Gasteiger partial charge in [-0.25, -0.2) is 0 Å². The Morgan fingerprint density at radius 3 is 2.76 bits per heavy atom. The molecule has 21 heavy (non-hydrogen) atoms. The first-order chi connectivity index (χ1) is 10.0. The highest BCUT2D eigenvalue weighted by atomic mass is 32.1. The summed E-state index contributed by atoms with van der Waals surface area (Å²) in [5, 5.41) is 21.5. The van der Waals surface area contributed by atoms with Crippen LogP contribution < -0.4 is 0 Å². The van der Waals surface area contributed by atoms with Crippen molar-refractivity contribution in [1.29, 1.82) is 0 Å². The van der Waals surface area contributed by atoms with Gasteiger partial charge in [0.25, 0.3) is 0 Å². The fraction of sp³-hybridized carbons (Fsp3) is 0.375. The van der Waals surface area contributed by atoms with Gasteiger partial charge in [-0.05, 0) is 24.3 Å². The summed E-state index contributed by atoms with van der Waals surface area (Å²) >= 11 is 1.67. The molecule has 112 valence electrons. The van der Waals surface area contributed by atoms with E-state index in [0.29, 0.717) is 22.7 Å². The minimum Gasteiger partial charge on any atom is -0.505 e. The molecule has 4 nitrogen and oxygen atoms in total. The average molecular weight is 304 g/mol. The molecule has 0 amide bonds. The van der Waals surface area contributed by atoms with E-state index < -0.39 is 0 Å². The predicted octanol–water partition coefficient (Wildman–Crippen LogP) is 3.47. The van der Waals surface area contributed by atoms with Gasteiger partial charge in [0.1, 0.15) is 5.75 Å². The molecule has 2 aromatic heterocycles. The number of hydrogen-bond donors (Lipinski definition) is 2. The summed E-state index contributed by atoms with van der Waals surface area (Å²) in [4.78, 5) is 9.88. The lowest BCUT2D eigenvalue weighted by atomic mass is 10.0. The van der Waals surface area contributed by atoms with E-state index in [-0.39, 0.29) is 18.4 Å². The maximum Gasteiger partial charge on any atom is 0.145 e. The molecule has 1 atom stereocenters. The van der Waals surface area contributed by atoms with Gasteiger partial charge >= 0.3 is 0 Å². The van der Waals surface area contributed by atoms with Crippen LogP contribution in [0.5, 0.6) is 5.75 Å². The van der Waals surface area contributed by atoms with Crippen LogP contribution in [0.25, 0.3) is 0 Å². The number of hydrogen-bond acceptors (Lipinski definition) is 5. The number of rotatable bonds is 5. The molecular weight excluding hydrogens is 284 g/mol. The molecule has 2 heterocycles. The molecule has 0 aliphatic carbocycles. The van der Waals surface area contributed by atoms with Gasteiger partial charge in [-0.1, -0.05) is 19.9 Å². The third-order valence-corrected chi connectivity index (χ3v) is 4.30. The number of pyridine rings is 1. The smallest absolute Gasteiger partial charge is 0.145 e. The number of aliphatic hydroxyl groups is 1. The Bertz CT molecular complexity index is 621. The Labute approximate surface area is 128 Å². The molecule has 0 bridgehead atoms. The molecule has 5 heteroatoms. The molecular formula is C16H20N2O2S. The van der Waals surface area contributed by atoms with Crippen LogP contribution in [0, 0.1) is 12.8 Å². The minimum atomic E-state index is -0.173. The summed E-state index contributed by atoms with van der Waals surface area (Å²) in [6.45, 7) is 5.79. The number of aliphatic imine (C=N–C) groups is 1. The average Bonchev–Trinajstić information content (AvgIpc) is 2.97. The Morgan fingerprint density at radius 1 is 1.43 bits per heavy atom. The zero-order chi connectivity index (χ0) is 15.4. The predicted molar refractivity (Wildman–Crippen MR) is 86.1 cm³/mol. The van der Waals surface area contributed by atoms with E-state index in [0.717, 1.165) is 0 Å². The lowest BCUT2D eigenvalue weighted by Crippen LogP contribution is -2.04. The van der Waals surface area contributed by atoms with Crippen LogP contribution in [-0.4, -0.2) is 21.4 Å². The summed E-state index contributed by atoms with van der Waals surface area (Å²) in [5.74, 6) is 0.432. The third-order valence-electron chi connectivity index (χ3n) is 3.36. The molecule has 0 radical (unpaired) electrons. The summed E-state index contributed by atoms with van der Waals surface area (Å²) in [6, 6.07) is 4.12. The van der Waals surface area contributed by atoms with E-state index in [4.69, 9.17) is 0 Å². The molecule has 0 saturated carbocycles. The van der Waals surface area contributed by atoms with Gasteiger partial charge in [0, 0.05) is 28.4 Å². The van der Waals surface area contributed by atoms with Crippen molar-refractivity contribution in [2.45, 2.75) is 33.4 Å². The van der Waals surface area contributed by atoms with Gasteiger partial charge in [-0.3, -0.25) is 9.98 Å². The maximum atomic E-state index is 10.1. The first kappa shape index (κ1) is 15.7. The van der Waals surface area contributed by atoms with Crippen LogP contribution in [0.3, 0.4) is 0 Å². The first-order valence-electron chi connectivity index (χ1n) is 6.89. The largest absolute Gasteiger partial charge is 0.505 e. The summed E-state index contributed by atoms with van der Waals surface area (Å²) in [7, 11) is 0. The lowest BCUT2D eigenvalue weighted by molar-refractivity contribution is 0.280. The van der Waals surface area contributed by atoms with E-state index in [1.807, 2.05) is 11.4 Å². The second-order valence-corrected chi connectivity index (χ2v) is 6.25. The van der Waals surface area contributed by atoms with Crippen LogP contribution in [0.15, 0.2) is 28.7 Å². The van der Waals surface area contributed by atoms with Crippen LogP contribution in [0.2, 0.25) is 0 Å². The van der Waals surface area contributed by atoms with Crippen LogP contribution in [0.4, 0.5) is 0 Å². The fourth-order valence-electron chi connectivity index (χ4n) is 2.11. The lowest BCUT2D eigenvalue weighted by Gasteiger charge is -2.15. The maximum absolute atomic E-state index is 10.1. The van der Waals surface area contributed by atoms with Crippen LogP contribution in [0.1, 0.15) is 41.6 Å². The minimum absolute atomic E-state index is 0.0458. The Kier molecular flexibility index (Phi) is 5.09. The molecule has 2 aromatic rings. The molecule has 0 spiro atoms. The highest BCUT2D eigenvalue weighted by Gasteiger charge is 2.16. The summed E-state index contributed by atoms with van der Waals surface area (Å²) in [5.41, 5.74) is 1.66. The van der Waals surface area contributed by atoms with Crippen molar-refractivity contribution < 1.29 is 10.2 Å². The highest BCUT2D eigenvalue weighted by Crippen LogP contribution is 2.30. The van der Waals surface area contributed by atoms with Gasteiger partial charge in [-0.2, -0.15) is 0 Å². The topological polar surface area (TPSA) is 65.7 Å². The van der Waals surface area contributed by atoms with Crippen molar-refractivity contribution in [3.63, 3.8) is 0 Å². The monoisotopic (exact) mass is 304 g/mol. The van der Waals surface area contributed by atoms with Crippen molar-refractivity contribution in [3.8, 4) is 5.75 Å². The number of aliphatic hydroxyl groups excluding tert-OH is 1. The standard InChI is InChI=1S/C16H20N2O2S/c1-10(2)15(14-5-4-6-21-14)18-8-13-12(9-19)7-17-11(3)16(13)20/h4-8,10,15,19-20H,9H2,1-3H3/t15-/m1/s1. The number of aromatic nitrogens is 1. The van der Waals surface area contributed by atoms with Gasteiger partial charge in [0.15, 0.2) is 0 Å². The van der Waals surface area contributed by atoms with E-state index in [2.05, 4.69) is 29.9 Å². The SMILES string of the molecule is Cc1ncc(CO)c(C=N[C@@H](c2cccs2)C(C)C)c1O. The number of nitrogens with zero attached hydrogens (tertiary/aromatic N) is 2. The Morgan fingerprint density at radius 2 is 2.19 bits per heavy atom. The zero-order valence-corrected chi connectivity index (χ0v) is 13.3. The second kappa shape index (κ2) is 6.83. The molecule has 0 aliphatic rings. The fourth-order valence-corrected chi connectivity index (χ4v) is 3.05. The molecule has 0 aromatic carbocycles. The third kappa shape index (κ3) is 3.49. The number of thiophene rings is 1. The summed E-state index contributed by atoms with van der Waals surface area (Å²) < 4.78 is 0. The molecule has 0 aliphatic heterocycles. The van der Waals surface area contributed by atoms with E-state index >= 15 is 0 Å². The molecule has 0 unspecified atom stereocenters. The van der Waals surface area contributed by atoms with Gasteiger partial charge < -0.3 is 10.2 Å². The molecule has 0 fully saturated rings. The van der Waals surface area contributed by atoms with Crippen molar-refractivity contribution in [2.24, 2.45) is 10.9 Å². The molecule has 2 N–H and O–H groups in total. The van der Waals surface area contributed by atoms with Gasteiger partial charge in [0.2, 0.25) is 0 Å². The van der Waals surface area contributed by atoms with Crippen molar-refractivity contribution in [2.75, 3.05) is 0 Å². The Hall–Kier alpha value is -1.72. The van der Waals surface area contributed by atoms with E-state index in [1.54, 1.807) is 30.7 Å². The van der Waals surface area contributed by atoms with Crippen molar-refractivity contribution >= 4 is 17.6 Å². The quantitative estimate of drug-likeness (QED) is 0.831. The van der Waals surface area contributed by atoms with Gasteiger partial charge in [-0.15, -0.1) is 11.3 Å². The van der Waals surface area contributed by atoms with Crippen LogP contribution in [-0.2, 0) is 6.61 Å². The zero-order valence-electron chi connectivity index (χ0n) is 12.4.